The normalized spacial score (nSPS) is 10.1. The van der Waals surface area contributed by atoms with E-state index in [4.69, 9.17) is 5.26 Å². The molecule has 2 N–H and O–H groups in total. The standard InChI is InChI=1S/C18H19N3O/c1-13(2)15-6-8-16(9-7-15)20-12-18(22)21-17-5-3-4-14(10-17)11-19/h3-10,13,20H,12H2,1-2H3,(H,21,22). The SMILES string of the molecule is CC(C)c1ccc(NCC(=O)Nc2cccc(C#N)c2)cc1. The summed E-state index contributed by atoms with van der Waals surface area (Å²) in [6.45, 7) is 4.47. The molecule has 0 bridgehead atoms. The van der Waals surface area contributed by atoms with Crippen LogP contribution in [-0.2, 0) is 4.79 Å². The first kappa shape index (κ1) is 15.6. The minimum absolute atomic E-state index is 0.150. The minimum atomic E-state index is -0.150. The molecule has 0 saturated carbocycles. The van der Waals surface area contributed by atoms with E-state index < -0.39 is 0 Å². The Morgan fingerprint density at radius 1 is 1.14 bits per heavy atom. The van der Waals surface area contributed by atoms with Crippen LogP contribution in [0.1, 0.15) is 30.9 Å². The Morgan fingerprint density at radius 2 is 1.86 bits per heavy atom. The lowest BCUT2D eigenvalue weighted by molar-refractivity contribution is -0.114. The van der Waals surface area contributed by atoms with Crippen molar-refractivity contribution in [2.75, 3.05) is 17.2 Å². The summed E-state index contributed by atoms with van der Waals surface area (Å²) in [7, 11) is 0. The first-order valence-corrected chi connectivity index (χ1v) is 7.22. The van der Waals surface area contributed by atoms with Crippen LogP contribution in [0.15, 0.2) is 48.5 Å². The Kier molecular flexibility index (Phi) is 5.16. The zero-order valence-corrected chi connectivity index (χ0v) is 12.8. The Bertz CT molecular complexity index is 684. The molecule has 0 aromatic heterocycles. The van der Waals surface area contributed by atoms with Crippen LogP contribution in [0, 0.1) is 11.3 Å². The maximum Gasteiger partial charge on any atom is 0.243 e. The highest BCUT2D eigenvalue weighted by Crippen LogP contribution is 2.17. The van der Waals surface area contributed by atoms with Crippen molar-refractivity contribution in [2.24, 2.45) is 0 Å². The molecule has 0 aliphatic rings. The third-order valence-electron chi connectivity index (χ3n) is 3.31. The molecule has 22 heavy (non-hydrogen) atoms. The van der Waals surface area contributed by atoms with E-state index in [2.05, 4.69) is 36.6 Å². The lowest BCUT2D eigenvalue weighted by Crippen LogP contribution is -2.21. The van der Waals surface area contributed by atoms with Crippen LogP contribution in [0.3, 0.4) is 0 Å². The fraction of sp³-hybridized carbons (Fsp3) is 0.222. The van der Waals surface area contributed by atoms with Gasteiger partial charge in [0.2, 0.25) is 5.91 Å². The van der Waals surface area contributed by atoms with Crippen LogP contribution >= 0.6 is 0 Å². The van der Waals surface area contributed by atoms with E-state index in [9.17, 15) is 4.79 Å². The van der Waals surface area contributed by atoms with E-state index in [0.29, 0.717) is 17.2 Å². The van der Waals surface area contributed by atoms with Crippen LogP contribution in [0.2, 0.25) is 0 Å². The monoisotopic (exact) mass is 293 g/mol. The summed E-state index contributed by atoms with van der Waals surface area (Å²) in [6.07, 6.45) is 0. The van der Waals surface area contributed by atoms with Gasteiger partial charge in [-0.1, -0.05) is 32.0 Å². The van der Waals surface area contributed by atoms with Gasteiger partial charge in [0.25, 0.3) is 0 Å². The van der Waals surface area contributed by atoms with Crippen molar-refractivity contribution in [3.63, 3.8) is 0 Å². The number of rotatable bonds is 5. The molecule has 1 amide bonds. The Labute approximate surface area is 130 Å². The van der Waals surface area contributed by atoms with Crippen LogP contribution in [-0.4, -0.2) is 12.5 Å². The third-order valence-corrected chi connectivity index (χ3v) is 3.31. The van der Waals surface area contributed by atoms with Gasteiger partial charge in [-0.2, -0.15) is 5.26 Å². The van der Waals surface area contributed by atoms with Crippen LogP contribution in [0.5, 0.6) is 0 Å². The van der Waals surface area contributed by atoms with Crippen LogP contribution in [0.4, 0.5) is 11.4 Å². The van der Waals surface area contributed by atoms with Gasteiger partial charge in [0.15, 0.2) is 0 Å². The zero-order chi connectivity index (χ0) is 15.9. The summed E-state index contributed by atoms with van der Waals surface area (Å²) in [5.41, 5.74) is 3.32. The lowest BCUT2D eigenvalue weighted by Gasteiger charge is -2.10. The molecule has 2 rings (SSSR count). The van der Waals surface area contributed by atoms with E-state index in [0.717, 1.165) is 5.69 Å². The number of amides is 1. The second kappa shape index (κ2) is 7.28. The van der Waals surface area contributed by atoms with Crippen molar-refractivity contribution < 1.29 is 4.79 Å². The number of hydrogen-bond donors (Lipinski definition) is 2. The van der Waals surface area contributed by atoms with E-state index in [1.165, 1.54) is 5.56 Å². The maximum atomic E-state index is 11.9. The molecule has 0 atom stereocenters. The molecule has 0 aliphatic carbocycles. The van der Waals surface area contributed by atoms with Gasteiger partial charge in [0.1, 0.15) is 0 Å². The van der Waals surface area contributed by atoms with E-state index in [1.807, 2.05) is 18.2 Å². The summed E-state index contributed by atoms with van der Waals surface area (Å²) < 4.78 is 0. The summed E-state index contributed by atoms with van der Waals surface area (Å²) in [5, 5.41) is 14.7. The molecular formula is C18H19N3O. The number of nitrogens with one attached hydrogen (secondary N) is 2. The van der Waals surface area contributed by atoms with Gasteiger partial charge in [0.05, 0.1) is 18.2 Å². The topological polar surface area (TPSA) is 64.9 Å². The molecular weight excluding hydrogens is 274 g/mol. The van der Waals surface area contributed by atoms with Crippen molar-refractivity contribution in [2.45, 2.75) is 19.8 Å². The summed E-state index contributed by atoms with van der Waals surface area (Å²) in [5.74, 6) is 0.341. The molecule has 0 saturated heterocycles. The highest BCUT2D eigenvalue weighted by molar-refractivity contribution is 5.93. The zero-order valence-electron chi connectivity index (χ0n) is 12.8. The van der Waals surface area contributed by atoms with Crippen molar-refractivity contribution in [3.05, 3.63) is 59.7 Å². The second-order valence-electron chi connectivity index (χ2n) is 5.37. The molecule has 112 valence electrons. The summed E-state index contributed by atoms with van der Waals surface area (Å²) in [6, 6.07) is 17.0. The Balaban J connectivity index is 1.88. The molecule has 0 aliphatic heterocycles. The smallest absolute Gasteiger partial charge is 0.243 e. The highest BCUT2D eigenvalue weighted by atomic mass is 16.1. The molecule has 0 fully saturated rings. The average Bonchev–Trinajstić information content (AvgIpc) is 2.53. The van der Waals surface area contributed by atoms with Gasteiger partial charge in [0, 0.05) is 11.4 Å². The van der Waals surface area contributed by atoms with Crippen molar-refractivity contribution in [1.82, 2.24) is 0 Å². The van der Waals surface area contributed by atoms with E-state index >= 15 is 0 Å². The van der Waals surface area contributed by atoms with Crippen LogP contribution < -0.4 is 10.6 Å². The number of anilines is 2. The van der Waals surface area contributed by atoms with Gasteiger partial charge in [-0.3, -0.25) is 4.79 Å². The summed E-state index contributed by atoms with van der Waals surface area (Å²) >= 11 is 0. The van der Waals surface area contributed by atoms with Gasteiger partial charge in [-0.25, -0.2) is 0 Å². The molecule has 2 aromatic rings. The molecule has 0 radical (unpaired) electrons. The van der Waals surface area contributed by atoms with Gasteiger partial charge in [-0.15, -0.1) is 0 Å². The number of carbonyl (C=O) groups excluding carboxylic acids is 1. The molecule has 0 unspecified atom stereocenters. The quantitative estimate of drug-likeness (QED) is 0.882. The van der Waals surface area contributed by atoms with Gasteiger partial charge >= 0.3 is 0 Å². The number of hydrogen-bond acceptors (Lipinski definition) is 3. The molecule has 4 nitrogen and oxygen atoms in total. The lowest BCUT2D eigenvalue weighted by atomic mass is 10.0. The largest absolute Gasteiger partial charge is 0.376 e. The van der Waals surface area contributed by atoms with Crippen molar-refractivity contribution >= 4 is 17.3 Å². The number of nitrogens with zero attached hydrogens (tertiary/aromatic N) is 1. The first-order chi connectivity index (χ1) is 10.6. The van der Waals surface area contributed by atoms with Crippen molar-refractivity contribution in [3.8, 4) is 6.07 Å². The molecule has 2 aromatic carbocycles. The van der Waals surface area contributed by atoms with Gasteiger partial charge in [-0.05, 0) is 41.8 Å². The van der Waals surface area contributed by atoms with E-state index in [-0.39, 0.29) is 12.5 Å². The van der Waals surface area contributed by atoms with Crippen molar-refractivity contribution in [1.29, 1.82) is 5.26 Å². The maximum absolute atomic E-state index is 11.9. The first-order valence-electron chi connectivity index (χ1n) is 7.22. The second-order valence-corrected chi connectivity index (χ2v) is 5.37. The number of benzene rings is 2. The Morgan fingerprint density at radius 3 is 2.50 bits per heavy atom. The minimum Gasteiger partial charge on any atom is -0.376 e. The highest BCUT2D eigenvalue weighted by Gasteiger charge is 2.04. The summed E-state index contributed by atoms with van der Waals surface area (Å²) in [4.78, 5) is 11.9. The van der Waals surface area contributed by atoms with E-state index in [1.54, 1.807) is 24.3 Å². The molecule has 4 heteroatoms. The predicted molar refractivity (Wildman–Crippen MR) is 88.8 cm³/mol. The third kappa shape index (κ3) is 4.35. The fourth-order valence-electron chi connectivity index (χ4n) is 2.04. The molecule has 0 spiro atoms. The Hall–Kier alpha value is -2.80. The number of carbonyl (C=O) groups is 1. The fourth-order valence-corrected chi connectivity index (χ4v) is 2.04. The van der Waals surface area contributed by atoms with Crippen LogP contribution in [0.25, 0.3) is 0 Å². The average molecular weight is 293 g/mol. The molecule has 0 heterocycles. The predicted octanol–water partition coefficient (Wildman–Crippen LogP) is 3.73. The number of nitriles is 1. The van der Waals surface area contributed by atoms with Gasteiger partial charge < -0.3 is 10.6 Å².